The van der Waals surface area contributed by atoms with Crippen LogP contribution in [0.1, 0.15) is 44.7 Å². The van der Waals surface area contributed by atoms with Gasteiger partial charge in [0, 0.05) is 18.4 Å². The molecule has 2 aromatic rings. The van der Waals surface area contributed by atoms with Gasteiger partial charge in [0.1, 0.15) is 11.4 Å². The predicted molar refractivity (Wildman–Crippen MR) is 125 cm³/mol. The van der Waals surface area contributed by atoms with Crippen LogP contribution in [-0.4, -0.2) is 45.9 Å². The molecule has 31 heavy (non-hydrogen) atoms. The summed E-state index contributed by atoms with van der Waals surface area (Å²) in [5.74, 6) is 1.62. The molecule has 162 valence electrons. The van der Waals surface area contributed by atoms with Crippen molar-refractivity contribution in [2.75, 3.05) is 29.0 Å². The van der Waals surface area contributed by atoms with Crippen molar-refractivity contribution in [2.45, 2.75) is 57.5 Å². The quantitative estimate of drug-likeness (QED) is 0.646. The number of rotatable bonds is 1. The average molecular weight is 419 g/mol. The molecule has 1 aromatic heterocycles. The van der Waals surface area contributed by atoms with Gasteiger partial charge in [0.05, 0.1) is 17.8 Å². The lowest BCUT2D eigenvalue weighted by molar-refractivity contribution is 0.221. The Morgan fingerprint density at radius 1 is 1.23 bits per heavy atom. The molecule has 1 unspecified atom stereocenters. The van der Waals surface area contributed by atoms with Gasteiger partial charge in [0.25, 0.3) is 0 Å². The Morgan fingerprint density at radius 3 is 2.90 bits per heavy atom. The highest BCUT2D eigenvalue weighted by Gasteiger charge is 2.47. The Labute approximate surface area is 183 Å². The van der Waals surface area contributed by atoms with E-state index in [1.165, 1.54) is 17.5 Å². The van der Waals surface area contributed by atoms with Gasteiger partial charge in [-0.3, -0.25) is 4.99 Å². The molecular weight excluding hydrogens is 388 g/mol. The lowest BCUT2D eigenvalue weighted by atomic mass is 9.93. The summed E-state index contributed by atoms with van der Waals surface area (Å²) in [4.78, 5) is 24.4. The zero-order valence-electron chi connectivity index (χ0n) is 18.5. The second-order valence-corrected chi connectivity index (χ2v) is 9.80. The smallest absolute Gasteiger partial charge is 0.321 e. The van der Waals surface area contributed by atoms with Crippen LogP contribution in [0.15, 0.2) is 41.5 Å². The minimum Gasteiger partial charge on any atom is -0.368 e. The summed E-state index contributed by atoms with van der Waals surface area (Å²) in [5, 5.41) is 10.2. The van der Waals surface area contributed by atoms with E-state index in [1.54, 1.807) is 6.20 Å². The summed E-state index contributed by atoms with van der Waals surface area (Å²) in [6.45, 7) is 7.44. The fourth-order valence-corrected chi connectivity index (χ4v) is 4.76. The van der Waals surface area contributed by atoms with Crippen molar-refractivity contribution in [1.82, 2.24) is 9.88 Å². The van der Waals surface area contributed by atoms with Crippen molar-refractivity contribution in [3.05, 3.63) is 47.7 Å². The van der Waals surface area contributed by atoms with E-state index >= 15 is 0 Å². The second kappa shape index (κ2) is 7.25. The zero-order valence-corrected chi connectivity index (χ0v) is 18.5. The number of nitrogens with one attached hydrogen (secondary N) is 3. The summed E-state index contributed by atoms with van der Waals surface area (Å²) < 4.78 is 0. The van der Waals surface area contributed by atoms with Crippen LogP contribution in [0.2, 0.25) is 0 Å². The van der Waals surface area contributed by atoms with E-state index in [0.29, 0.717) is 13.1 Å². The Morgan fingerprint density at radius 2 is 2.06 bits per heavy atom. The number of pyridine rings is 1. The number of hydrogen-bond acceptors (Lipinski definition) is 4. The van der Waals surface area contributed by atoms with Gasteiger partial charge < -0.3 is 20.9 Å². The van der Waals surface area contributed by atoms with Gasteiger partial charge in [-0.05, 0) is 81.8 Å². The maximum atomic E-state index is 13.1. The number of aromatic nitrogens is 1. The minimum atomic E-state index is -0.446. The zero-order chi connectivity index (χ0) is 21.6. The molecule has 7 heteroatoms. The number of fused-ring (bicyclic) bond motifs is 2. The first-order chi connectivity index (χ1) is 14.8. The van der Waals surface area contributed by atoms with E-state index in [0.717, 1.165) is 42.3 Å². The molecule has 1 aromatic carbocycles. The first-order valence-corrected chi connectivity index (χ1v) is 11.1. The van der Waals surface area contributed by atoms with Crippen LogP contribution < -0.4 is 16.0 Å². The Hall–Kier alpha value is -3.09. The van der Waals surface area contributed by atoms with Crippen LogP contribution in [0, 0.1) is 0 Å². The van der Waals surface area contributed by atoms with E-state index in [1.807, 2.05) is 23.1 Å². The lowest BCUT2D eigenvalue weighted by Gasteiger charge is -2.39. The van der Waals surface area contributed by atoms with E-state index in [4.69, 9.17) is 4.99 Å². The molecule has 1 atom stereocenters. The van der Waals surface area contributed by atoms with Crippen LogP contribution in [0.4, 0.5) is 22.0 Å². The Kier molecular flexibility index (Phi) is 4.64. The molecule has 0 bridgehead atoms. The number of hydrogen-bond donors (Lipinski definition) is 3. The summed E-state index contributed by atoms with van der Waals surface area (Å²) >= 11 is 0. The molecule has 3 heterocycles. The van der Waals surface area contributed by atoms with Crippen LogP contribution in [0.25, 0.3) is 0 Å². The molecule has 0 radical (unpaired) electrons. The van der Waals surface area contributed by atoms with Crippen molar-refractivity contribution < 1.29 is 4.79 Å². The summed E-state index contributed by atoms with van der Waals surface area (Å²) in [7, 11) is 0. The molecule has 7 nitrogen and oxygen atoms in total. The molecule has 2 amide bonds. The number of aliphatic imine (C=N–C) groups is 1. The maximum absolute atomic E-state index is 13.1. The first kappa shape index (κ1) is 19.8. The van der Waals surface area contributed by atoms with Gasteiger partial charge in [-0.25, -0.2) is 9.78 Å². The summed E-state index contributed by atoms with van der Waals surface area (Å²) in [6, 6.07) is 10.2. The molecule has 2 aliphatic heterocycles. The van der Waals surface area contributed by atoms with E-state index < -0.39 is 5.54 Å². The maximum Gasteiger partial charge on any atom is 0.321 e. The first-order valence-electron chi connectivity index (χ1n) is 11.1. The molecular formula is C24H30N6O. The van der Waals surface area contributed by atoms with Gasteiger partial charge in [-0.15, -0.1) is 0 Å². The molecule has 3 aliphatic rings. The molecule has 1 aliphatic carbocycles. The van der Waals surface area contributed by atoms with Gasteiger partial charge in [0.15, 0.2) is 5.82 Å². The number of nitrogens with zero attached hydrogens (tertiary/aromatic N) is 3. The van der Waals surface area contributed by atoms with Crippen molar-refractivity contribution in [2.24, 2.45) is 4.99 Å². The number of carbonyl (C=O) groups is 1. The molecule has 1 spiro atoms. The van der Waals surface area contributed by atoms with Crippen LogP contribution >= 0.6 is 0 Å². The predicted octanol–water partition coefficient (Wildman–Crippen LogP) is 4.28. The normalized spacial score (nSPS) is 23.3. The number of anilines is 3. The monoisotopic (exact) mass is 418 g/mol. The number of amidine groups is 1. The van der Waals surface area contributed by atoms with Crippen molar-refractivity contribution in [1.29, 1.82) is 0 Å². The fourth-order valence-electron chi connectivity index (χ4n) is 4.76. The van der Waals surface area contributed by atoms with Gasteiger partial charge >= 0.3 is 6.03 Å². The SMILES string of the molecule is CC(C)(C)N=C1Nc2ncccc2NC12CCN(C(=O)Nc1ccc3c(c1)CCC3)C2. The van der Waals surface area contributed by atoms with E-state index in [9.17, 15) is 4.79 Å². The number of carbonyl (C=O) groups excluding carboxylic acids is 1. The topological polar surface area (TPSA) is 81.7 Å². The third-order valence-corrected chi connectivity index (χ3v) is 6.23. The van der Waals surface area contributed by atoms with Gasteiger partial charge in [-0.2, -0.15) is 0 Å². The average Bonchev–Trinajstić information content (AvgIpc) is 3.35. The van der Waals surface area contributed by atoms with Crippen LogP contribution in [0.3, 0.4) is 0 Å². The fraction of sp³-hybridized carbons (Fsp3) is 0.458. The molecule has 3 N–H and O–H groups in total. The molecule has 1 fully saturated rings. The Balaban J connectivity index is 1.37. The lowest BCUT2D eigenvalue weighted by Crippen LogP contribution is -2.55. The van der Waals surface area contributed by atoms with Gasteiger partial charge in [0.2, 0.25) is 0 Å². The largest absolute Gasteiger partial charge is 0.368 e. The number of aryl methyl sites for hydroxylation is 2. The van der Waals surface area contributed by atoms with E-state index in [-0.39, 0.29) is 11.6 Å². The minimum absolute atomic E-state index is 0.0660. The summed E-state index contributed by atoms with van der Waals surface area (Å²) in [5.41, 5.74) is 3.89. The third-order valence-electron chi connectivity index (χ3n) is 6.23. The highest BCUT2D eigenvalue weighted by Crippen LogP contribution is 2.36. The van der Waals surface area contributed by atoms with Gasteiger partial charge in [-0.1, -0.05) is 6.07 Å². The number of urea groups is 1. The molecule has 0 saturated carbocycles. The van der Waals surface area contributed by atoms with Crippen LogP contribution in [0.5, 0.6) is 0 Å². The number of benzene rings is 1. The van der Waals surface area contributed by atoms with Crippen molar-refractivity contribution in [3.8, 4) is 0 Å². The Bertz CT molecular complexity index is 1060. The highest BCUT2D eigenvalue weighted by molar-refractivity contribution is 6.09. The number of amides is 2. The highest BCUT2D eigenvalue weighted by atomic mass is 16.2. The molecule has 5 rings (SSSR count). The number of likely N-dealkylation sites (tertiary alicyclic amines) is 1. The molecule has 1 saturated heterocycles. The van der Waals surface area contributed by atoms with Crippen LogP contribution in [-0.2, 0) is 12.8 Å². The second-order valence-electron chi connectivity index (χ2n) is 9.80. The van der Waals surface area contributed by atoms with E-state index in [2.05, 4.69) is 53.8 Å². The standard InChI is InChI=1S/C24H30N6O/c1-23(2,3)29-21-24(28-19-8-5-12-25-20(19)27-21)11-13-30(15-24)22(31)26-18-10-9-16-6-4-7-17(16)14-18/h5,8-10,12,14,28H,4,6-7,11,13,15H2,1-3H3,(H,26,31)(H,25,27,29). The van der Waals surface area contributed by atoms with Crippen molar-refractivity contribution >= 4 is 29.1 Å². The summed E-state index contributed by atoms with van der Waals surface area (Å²) in [6.07, 6.45) is 5.99. The third kappa shape index (κ3) is 3.84. The van der Waals surface area contributed by atoms with Crippen molar-refractivity contribution in [3.63, 3.8) is 0 Å².